The lowest BCUT2D eigenvalue weighted by molar-refractivity contribution is 0.270. The summed E-state index contributed by atoms with van der Waals surface area (Å²) in [6.45, 7) is 0. The van der Waals surface area contributed by atoms with Crippen molar-refractivity contribution < 1.29 is 9.84 Å². The van der Waals surface area contributed by atoms with Crippen LogP contribution >= 0.6 is 0 Å². The highest BCUT2D eigenvalue weighted by atomic mass is 16.5. The van der Waals surface area contributed by atoms with Crippen LogP contribution in [0.5, 0.6) is 5.75 Å². The number of rotatable bonds is 4. The largest absolute Gasteiger partial charge is 0.497 e. The van der Waals surface area contributed by atoms with E-state index in [0.717, 1.165) is 11.4 Å². The number of anilines is 1. The monoisotopic (exact) mass is 229 g/mol. The summed E-state index contributed by atoms with van der Waals surface area (Å²) in [4.78, 5) is 0. The van der Waals surface area contributed by atoms with Gasteiger partial charge in [0.25, 0.3) is 0 Å². The Hall–Kier alpha value is -2.50. The van der Waals surface area contributed by atoms with Crippen molar-refractivity contribution in [2.24, 2.45) is 0 Å². The molecule has 1 rings (SSSR count). The molecule has 1 unspecified atom stereocenters. The zero-order valence-electron chi connectivity index (χ0n) is 9.21. The van der Waals surface area contributed by atoms with Crippen LogP contribution in [0.25, 0.3) is 0 Å². The van der Waals surface area contributed by atoms with E-state index in [2.05, 4.69) is 5.32 Å². The fraction of sp³-hybridized carbons (Fsp3) is 0.167. The number of hydrogen-bond donors (Lipinski definition) is 2. The van der Waals surface area contributed by atoms with Crippen LogP contribution in [0.4, 0.5) is 5.69 Å². The number of methoxy groups -OCH3 is 1. The van der Waals surface area contributed by atoms with Crippen LogP contribution in [0.15, 0.2) is 36.0 Å². The van der Waals surface area contributed by atoms with Crippen LogP contribution in [0.1, 0.15) is 0 Å². The van der Waals surface area contributed by atoms with E-state index >= 15 is 0 Å². The number of nitrogens with zero attached hydrogens (tertiary/aromatic N) is 2. The second kappa shape index (κ2) is 6.16. The minimum absolute atomic E-state index is 0.0386. The van der Waals surface area contributed by atoms with Crippen molar-refractivity contribution in [2.45, 2.75) is 6.10 Å². The third-order valence-electron chi connectivity index (χ3n) is 2.03. The Kier molecular flexibility index (Phi) is 4.56. The molecule has 0 amide bonds. The van der Waals surface area contributed by atoms with Gasteiger partial charge in [0.2, 0.25) is 0 Å². The van der Waals surface area contributed by atoms with Crippen LogP contribution in [0.3, 0.4) is 0 Å². The average molecular weight is 229 g/mol. The number of aliphatic hydroxyl groups is 1. The van der Waals surface area contributed by atoms with E-state index in [0.29, 0.717) is 0 Å². The molecule has 0 heterocycles. The fourth-order valence-electron chi connectivity index (χ4n) is 1.09. The Morgan fingerprint density at radius 2 is 2.06 bits per heavy atom. The van der Waals surface area contributed by atoms with Crippen LogP contribution in [0, 0.1) is 22.7 Å². The number of aliphatic hydroxyl groups excluding tert-OH is 1. The molecule has 17 heavy (non-hydrogen) atoms. The highest BCUT2D eigenvalue weighted by molar-refractivity contribution is 5.50. The second-order valence-electron chi connectivity index (χ2n) is 3.12. The molecule has 2 N–H and O–H groups in total. The fourth-order valence-corrected chi connectivity index (χ4v) is 1.09. The molecule has 0 radical (unpaired) electrons. The third kappa shape index (κ3) is 3.53. The van der Waals surface area contributed by atoms with Gasteiger partial charge in [-0.3, -0.25) is 0 Å². The van der Waals surface area contributed by atoms with Crippen LogP contribution < -0.4 is 10.1 Å². The van der Waals surface area contributed by atoms with Gasteiger partial charge in [-0.25, -0.2) is 0 Å². The van der Waals surface area contributed by atoms with E-state index in [1.807, 2.05) is 0 Å². The average Bonchev–Trinajstić information content (AvgIpc) is 2.39. The van der Waals surface area contributed by atoms with Gasteiger partial charge < -0.3 is 15.2 Å². The van der Waals surface area contributed by atoms with Gasteiger partial charge in [0.15, 0.2) is 6.10 Å². The van der Waals surface area contributed by atoms with Crippen molar-refractivity contribution in [1.29, 1.82) is 10.5 Å². The first-order chi connectivity index (χ1) is 8.21. The molecule has 0 spiro atoms. The maximum Gasteiger partial charge on any atom is 0.177 e. The lowest BCUT2D eigenvalue weighted by Crippen LogP contribution is -2.07. The van der Waals surface area contributed by atoms with Crippen molar-refractivity contribution >= 4 is 5.69 Å². The van der Waals surface area contributed by atoms with Gasteiger partial charge in [0.1, 0.15) is 11.8 Å². The summed E-state index contributed by atoms with van der Waals surface area (Å²) in [6, 6.07) is 10.3. The predicted octanol–water partition coefficient (Wildman–Crippen LogP) is 1.40. The van der Waals surface area contributed by atoms with Crippen molar-refractivity contribution in [1.82, 2.24) is 0 Å². The van der Waals surface area contributed by atoms with E-state index in [-0.39, 0.29) is 5.57 Å². The van der Waals surface area contributed by atoms with Gasteiger partial charge in [-0.05, 0) is 24.3 Å². The highest BCUT2D eigenvalue weighted by Crippen LogP contribution is 2.15. The van der Waals surface area contributed by atoms with Gasteiger partial charge in [0, 0.05) is 11.9 Å². The van der Waals surface area contributed by atoms with E-state index in [9.17, 15) is 0 Å². The maximum atomic E-state index is 9.17. The summed E-state index contributed by atoms with van der Waals surface area (Å²) in [5, 5.41) is 29.1. The molecule has 1 aromatic carbocycles. The SMILES string of the molecule is COc1ccc(NC=C(C#N)C(O)C#N)cc1. The van der Waals surface area contributed by atoms with Gasteiger partial charge in [0.05, 0.1) is 18.8 Å². The van der Waals surface area contributed by atoms with Gasteiger partial charge >= 0.3 is 0 Å². The molecule has 1 aromatic rings. The van der Waals surface area contributed by atoms with Crippen LogP contribution in [-0.4, -0.2) is 18.3 Å². The van der Waals surface area contributed by atoms with E-state index in [1.165, 1.54) is 6.20 Å². The Morgan fingerprint density at radius 3 is 2.53 bits per heavy atom. The molecule has 0 saturated carbocycles. The molecule has 1 atom stereocenters. The number of benzene rings is 1. The number of ether oxygens (including phenoxy) is 1. The topological polar surface area (TPSA) is 89.1 Å². The van der Waals surface area contributed by atoms with Gasteiger partial charge in [-0.2, -0.15) is 10.5 Å². The number of nitriles is 2. The Labute approximate surface area is 99.2 Å². The van der Waals surface area contributed by atoms with Crippen molar-refractivity contribution in [3.63, 3.8) is 0 Å². The maximum absolute atomic E-state index is 9.17. The smallest absolute Gasteiger partial charge is 0.177 e. The van der Waals surface area contributed by atoms with Crippen molar-refractivity contribution in [3.05, 3.63) is 36.0 Å². The summed E-state index contributed by atoms with van der Waals surface area (Å²) in [5.74, 6) is 0.720. The summed E-state index contributed by atoms with van der Waals surface area (Å²) >= 11 is 0. The zero-order valence-corrected chi connectivity index (χ0v) is 9.21. The quantitative estimate of drug-likeness (QED) is 0.601. The van der Waals surface area contributed by atoms with E-state index in [4.69, 9.17) is 20.4 Å². The van der Waals surface area contributed by atoms with E-state index in [1.54, 1.807) is 43.5 Å². The molecule has 5 heteroatoms. The normalized spacial score (nSPS) is 12.1. The second-order valence-corrected chi connectivity index (χ2v) is 3.12. The molecule has 0 aliphatic heterocycles. The number of hydrogen-bond acceptors (Lipinski definition) is 5. The minimum Gasteiger partial charge on any atom is -0.497 e. The molecule has 0 aliphatic rings. The minimum atomic E-state index is -1.41. The number of nitrogens with one attached hydrogen (secondary N) is 1. The Balaban J connectivity index is 2.75. The third-order valence-corrected chi connectivity index (χ3v) is 2.03. The van der Waals surface area contributed by atoms with Crippen molar-refractivity contribution in [3.8, 4) is 17.9 Å². The summed E-state index contributed by atoms with van der Waals surface area (Å²) in [7, 11) is 1.57. The van der Waals surface area contributed by atoms with Gasteiger partial charge in [-0.1, -0.05) is 0 Å². The summed E-state index contributed by atoms with van der Waals surface area (Å²) in [5.41, 5.74) is 0.687. The molecule has 0 aliphatic carbocycles. The Bertz CT molecular complexity index is 480. The first-order valence-electron chi connectivity index (χ1n) is 4.79. The predicted molar refractivity (Wildman–Crippen MR) is 61.9 cm³/mol. The molecule has 0 aromatic heterocycles. The molecule has 0 bridgehead atoms. The lowest BCUT2D eigenvalue weighted by atomic mass is 10.2. The molecule has 0 saturated heterocycles. The van der Waals surface area contributed by atoms with Gasteiger partial charge in [-0.15, -0.1) is 0 Å². The summed E-state index contributed by atoms with van der Waals surface area (Å²) < 4.78 is 4.99. The molecule has 0 fully saturated rings. The molecule has 86 valence electrons. The first kappa shape index (κ1) is 12.6. The first-order valence-corrected chi connectivity index (χ1v) is 4.79. The zero-order chi connectivity index (χ0) is 12.7. The van der Waals surface area contributed by atoms with Crippen molar-refractivity contribution in [2.75, 3.05) is 12.4 Å². The standard InChI is InChI=1S/C12H11N3O2/c1-17-11-4-2-10(3-5-11)15-8-9(6-13)12(16)7-14/h2-5,8,12,15-16H,1H3. The molecular weight excluding hydrogens is 218 g/mol. The lowest BCUT2D eigenvalue weighted by Gasteiger charge is -2.04. The van der Waals surface area contributed by atoms with Crippen LogP contribution in [0.2, 0.25) is 0 Å². The highest BCUT2D eigenvalue weighted by Gasteiger charge is 2.07. The molecule has 5 nitrogen and oxygen atoms in total. The van der Waals surface area contributed by atoms with Crippen LogP contribution in [-0.2, 0) is 0 Å². The Morgan fingerprint density at radius 1 is 1.41 bits per heavy atom. The molecular formula is C12H11N3O2. The van der Waals surface area contributed by atoms with E-state index < -0.39 is 6.10 Å². The summed E-state index contributed by atoms with van der Waals surface area (Å²) in [6.07, 6.45) is -0.110.